The number of hydrogen-bond donors (Lipinski definition) is 1. The van der Waals surface area contributed by atoms with Crippen LogP contribution in [0.4, 0.5) is 0 Å². The molecule has 0 saturated carbocycles. The second kappa shape index (κ2) is 7.40. The molecule has 2 aromatic heterocycles. The number of hydrogen-bond acceptors (Lipinski definition) is 6. The Labute approximate surface area is 167 Å². The Kier molecular flexibility index (Phi) is 5.09. The molecule has 1 fully saturated rings. The summed E-state index contributed by atoms with van der Waals surface area (Å²) in [6.07, 6.45) is 0.518. The van der Waals surface area contributed by atoms with Gasteiger partial charge in [0.15, 0.2) is 15.0 Å². The van der Waals surface area contributed by atoms with E-state index >= 15 is 0 Å². The lowest BCUT2D eigenvalue weighted by atomic mass is 10.1. The van der Waals surface area contributed by atoms with E-state index in [0.717, 1.165) is 11.0 Å². The second-order valence-corrected chi connectivity index (χ2v) is 10.7. The summed E-state index contributed by atoms with van der Waals surface area (Å²) in [5.74, 6) is 1.28. The molecule has 1 aromatic carbocycles. The Hall–Kier alpha value is -2.07. The molecule has 1 saturated heterocycles. The third-order valence-corrected chi connectivity index (χ3v) is 7.53. The van der Waals surface area contributed by atoms with Gasteiger partial charge in [-0.15, -0.1) is 5.10 Å². The highest BCUT2D eigenvalue weighted by Crippen LogP contribution is 2.25. The van der Waals surface area contributed by atoms with Crippen molar-refractivity contribution >= 4 is 44.3 Å². The van der Waals surface area contributed by atoms with E-state index in [1.807, 2.05) is 42.5 Å². The topological polar surface area (TPSA) is 100 Å². The molecule has 1 aliphatic heterocycles. The van der Waals surface area contributed by atoms with Crippen molar-refractivity contribution in [1.29, 1.82) is 0 Å². The average Bonchev–Trinajstić information content (AvgIpc) is 3.30. The van der Waals surface area contributed by atoms with Gasteiger partial charge < -0.3 is 4.90 Å². The second-order valence-electron chi connectivity index (χ2n) is 7.55. The lowest BCUT2D eigenvalue weighted by Gasteiger charge is -2.29. The zero-order valence-corrected chi connectivity index (χ0v) is 17.5. The highest BCUT2D eigenvalue weighted by Gasteiger charge is 2.34. The number of sulfone groups is 1. The molecule has 3 aromatic rings. The molecule has 0 bridgehead atoms. The number of rotatable bonds is 6. The average molecular weight is 422 g/mol. The fourth-order valence-electron chi connectivity index (χ4n) is 3.62. The van der Waals surface area contributed by atoms with Crippen molar-refractivity contribution in [3.8, 4) is 0 Å². The minimum atomic E-state index is -3.04. The van der Waals surface area contributed by atoms with E-state index < -0.39 is 9.84 Å². The van der Waals surface area contributed by atoms with E-state index in [-0.39, 0.29) is 35.1 Å². The van der Waals surface area contributed by atoms with Crippen LogP contribution in [0.3, 0.4) is 0 Å². The van der Waals surface area contributed by atoms with E-state index in [4.69, 9.17) is 0 Å². The summed E-state index contributed by atoms with van der Waals surface area (Å²) in [5.41, 5.74) is 1.80. The molecule has 150 valence electrons. The Morgan fingerprint density at radius 1 is 1.39 bits per heavy atom. The number of nitrogens with zero attached hydrogens (tertiary/aromatic N) is 4. The van der Waals surface area contributed by atoms with Crippen LogP contribution >= 0.6 is 11.8 Å². The maximum absolute atomic E-state index is 13.0. The first kappa shape index (κ1) is 19.3. The fraction of sp³-hybridized carbons (Fsp3) is 0.500. The lowest BCUT2D eigenvalue weighted by Crippen LogP contribution is -2.44. The fourth-order valence-corrected chi connectivity index (χ4v) is 6.19. The smallest absolute Gasteiger partial charge is 0.233 e. The molecule has 0 aliphatic carbocycles. The molecule has 10 heteroatoms. The van der Waals surface area contributed by atoms with Gasteiger partial charge >= 0.3 is 0 Å². The monoisotopic (exact) mass is 421 g/mol. The molecule has 0 radical (unpaired) electrons. The largest absolute Gasteiger partial charge is 0.338 e. The van der Waals surface area contributed by atoms with Gasteiger partial charge in [0.1, 0.15) is 0 Å². The Morgan fingerprint density at radius 3 is 2.89 bits per heavy atom. The van der Waals surface area contributed by atoms with Crippen LogP contribution in [-0.2, 0) is 14.6 Å². The molecule has 1 amide bonds. The van der Waals surface area contributed by atoms with Gasteiger partial charge in [0.25, 0.3) is 0 Å². The van der Waals surface area contributed by atoms with Crippen molar-refractivity contribution in [3.05, 3.63) is 24.3 Å². The van der Waals surface area contributed by atoms with Gasteiger partial charge in [0.05, 0.1) is 28.3 Å². The number of nitrogens with one attached hydrogen (secondary N) is 1. The molecule has 4 rings (SSSR count). The number of H-pyrrole nitrogens is 1. The predicted octanol–water partition coefficient (Wildman–Crippen LogP) is 1.97. The van der Waals surface area contributed by atoms with Crippen molar-refractivity contribution in [2.24, 2.45) is 5.92 Å². The summed E-state index contributed by atoms with van der Waals surface area (Å²) in [5, 5.41) is 7.86. The molecule has 1 N–H and O–H groups in total. The summed E-state index contributed by atoms with van der Waals surface area (Å²) in [4.78, 5) is 19.2. The van der Waals surface area contributed by atoms with E-state index in [2.05, 4.69) is 15.2 Å². The number of imidazole rings is 1. The van der Waals surface area contributed by atoms with Gasteiger partial charge in [-0.2, -0.15) is 0 Å². The minimum Gasteiger partial charge on any atom is -0.338 e. The number of thioether (sulfide) groups is 1. The van der Waals surface area contributed by atoms with Gasteiger partial charge in [-0.3, -0.25) is 9.20 Å². The first-order valence-corrected chi connectivity index (χ1v) is 12.1. The predicted molar refractivity (Wildman–Crippen MR) is 109 cm³/mol. The number of carbonyl (C=O) groups is 1. The van der Waals surface area contributed by atoms with E-state index in [9.17, 15) is 13.2 Å². The number of para-hydroxylation sites is 2. The summed E-state index contributed by atoms with van der Waals surface area (Å²) in [6.45, 7) is 4.63. The van der Waals surface area contributed by atoms with Gasteiger partial charge in [0, 0.05) is 12.6 Å². The number of fused-ring (bicyclic) bond motifs is 3. The molecule has 0 spiro atoms. The van der Waals surface area contributed by atoms with Crippen molar-refractivity contribution in [2.75, 3.05) is 23.8 Å². The van der Waals surface area contributed by atoms with Gasteiger partial charge in [-0.05, 0) is 24.5 Å². The number of aromatic amines is 1. The number of aromatic nitrogens is 4. The maximum atomic E-state index is 13.0. The van der Waals surface area contributed by atoms with Crippen molar-refractivity contribution in [3.63, 3.8) is 0 Å². The molecular weight excluding hydrogens is 398 g/mol. The molecule has 3 heterocycles. The van der Waals surface area contributed by atoms with Crippen LogP contribution in [0.15, 0.2) is 29.4 Å². The molecule has 1 aliphatic rings. The van der Waals surface area contributed by atoms with Crippen LogP contribution in [0.1, 0.15) is 20.3 Å². The third kappa shape index (κ3) is 3.75. The summed E-state index contributed by atoms with van der Waals surface area (Å²) in [7, 11) is -3.04. The van der Waals surface area contributed by atoms with Crippen LogP contribution in [-0.4, -0.2) is 68.7 Å². The van der Waals surface area contributed by atoms with Crippen LogP contribution < -0.4 is 0 Å². The Balaban J connectivity index is 1.53. The van der Waals surface area contributed by atoms with E-state index in [1.54, 1.807) is 4.90 Å². The first-order chi connectivity index (χ1) is 13.3. The SMILES string of the molecule is CC(C)CN(C(=O)CSc1n[nH]c2nc3ccccc3n12)C1CCS(=O)(=O)C1. The van der Waals surface area contributed by atoms with Crippen molar-refractivity contribution in [2.45, 2.75) is 31.5 Å². The maximum Gasteiger partial charge on any atom is 0.233 e. The van der Waals surface area contributed by atoms with Crippen molar-refractivity contribution < 1.29 is 13.2 Å². The van der Waals surface area contributed by atoms with Crippen LogP contribution in [0.5, 0.6) is 0 Å². The number of benzene rings is 1. The molecule has 8 nitrogen and oxygen atoms in total. The van der Waals surface area contributed by atoms with Gasteiger partial charge in [0.2, 0.25) is 11.7 Å². The minimum absolute atomic E-state index is 0.0543. The van der Waals surface area contributed by atoms with Crippen LogP contribution in [0, 0.1) is 5.92 Å². The highest BCUT2D eigenvalue weighted by atomic mass is 32.2. The zero-order chi connectivity index (χ0) is 19.9. The van der Waals surface area contributed by atoms with Gasteiger partial charge in [-0.25, -0.2) is 18.5 Å². The molecule has 1 unspecified atom stereocenters. The standard InChI is InChI=1S/C18H23N5O3S2/c1-12(2)9-22(13-7-8-28(25,26)11-13)16(24)10-27-18-21-20-17-19-14-5-3-4-6-15(14)23(17)18/h3-6,12-13H,7-11H2,1-2H3,(H,19,20). The molecule has 28 heavy (non-hydrogen) atoms. The number of carbonyl (C=O) groups excluding carboxylic acids is 1. The summed E-state index contributed by atoms with van der Waals surface area (Å²) in [6, 6.07) is 7.53. The summed E-state index contributed by atoms with van der Waals surface area (Å²) >= 11 is 1.34. The quantitative estimate of drug-likeness (QED) is 0.611. The van der Waals surface area contributed by atoms with E-state index in [1.165, 1.54) is 11.8 Å². The van der Waals surface area contributed by atoms with E-state index in [0.29, 0.717) is 23.9 Å². The van der Waals surface area contributed by atoms with Crippen molar-refractivity contribution in [1.82, 2.24) is 24.5 Å². The molecular formula is C18H23N5O3S2. The number of amides is 1. The van der Waals surface area contributed by atoms with Gasteiger partial charge in [-0.1, -0.05) is 37.7 Å². The molecule has 1 atom stereocenters. The first-order valence-electron chi connectivity index (χ1n) is 9.28. The Morgan fingerprint density at radius 2 is 2.18 bits per heavy atom. The normalized spacial score (nSPS) is 19.0. The van der Waals surface area contributed by atoms with Crippen LogP contribution in [0.25, 0.3) is 16.8 Å². The zero-order valence-electron chi connectivity index (χ0n) is 15.8. The summed E-state index contributed by atoms with van der Waals surface area (Å²) < 4.78 is 25.6. The Bertz CT molecular complexity index is 1120. The lowest BCUT2D eigenvalue weighted by molar-refractivity contribution is -0.130. The van der Waals surface area contributed by atoms with Crippen LogP contribution in [0.2, 0.25) is 0 Å². The third-order valence-electron chi connectivity index (χ3n) is 4.86. The highest BCUT2D eigenvalue weighted by molar-refractivity contribution is 7.99.